The summed E-state index contributed by atoms with van der Waals surface area (Å²) < 4.78 is 18.4. The number of halogens is 1. The Kier molecular flexibility index (Phi) is 3.84. The van der Waals surface area contributed by atoms with Crippen LogP contribution in [0, 0.1) is 5.82 Å². The molecule has 1 aromatic carbocycles. The smallest absolute Gasteiger partial charge is 0.254 e. The predicted octanol–water partition coefficient (Wildman–Crippen LogP) is 2.85. The molecule has 18 heavy (non-hydrogen) atoms. The fourth-order valence-electron chi connectivity index (χ4n) is 2.37. The van der Waals surface area contributed by atoms with Crippen molar-refractivity contribution in [3.8, 4) is 5.75 Å². The van der Waals surface area contributed by atoms with Gasteiger partial charge in [0.15, 0.2) is 11.6 Å². The first-order valence-corrected chi connectivity index (χ1v) is 6.28. The van der Waals surface area contributed by atoms with Crippen LogP contribution in [0.2, 0.25) is 0 Å². The Morgan fingerprint density at radius 3 is 2.83 bits per heavy atom. The van der Waals surface area contributed by atoms with Crippen molar-refractivity contribution in [2.45, 2.75) is 32.2 Å². The van der Waals surface area contributed by atoms with Crippen molar-refractivity contribution >= 4 is 5.91 Å². The average molecular weight is 251 g/mol. The van der Waals surface area contributed by atoms with Crippen molar-refractivity contribution in [3.63, 3.8) is 0 Å². The number of ether oxygens (including phenoxy) is 1. The molecule has 0 bridgehead atoms. The third-order valence-corrected chi connectivity index (χ3v) is 3.46. The Morgan fingerprint density at radius 1 is 1.44 bits per heavy atom. The lowest BCUT2D eigenvalue weighted by atomic mass is 10.0. The molecule has 2 rings (SSSR count). The number of hydrogen-bond acceptors (Lipinski definition) is 2. The average Bonchev–Trinajstić information content (AvgIpc) is 2.38. The van der Waals surface area contributed by atoms with Gasteiger partial charge in [0.05, 0.1) is 7.11 Å². The van der Waals surface area contributed by atoms with Crippen LogP contribution in [0.5, 0.6) is 5.75 Å². The van der Waals surface area contributed by atoms with Gasteiger partial charge in [0.2, 0.25) is 0 Å². The SMILES string of the molecule is COc1ccc(C(=O)N2CCCCC2C)cc1F. The lowest BCUT2D eigenvalue weighted by molar-refractivity contribution is 0.0635. The molecule has 0 aliphatic carbocycles. The van der Waals surface area contributed by atoms with E-state index in [2.05, 4.69) is 0 Å². The first-order valence-electron chi connectivity index (χ1n) is 6.28. The van der Waals surface area contributed by atoms with Gasteiger partial charge in [-0.15, -0.1) is 0 Å². The van der Waals surface area contributed by atoms with Crippen LogP contribution in [0.4, 0.5) is 4.39 Å². The maximum absolute atomic E-state index is 13.6. The predicted molar refractivity (Wildman–Crippen MR) is 67.3 cm³/mol. The fraction of sp³-hybridized carbons (Fsp3) is 0.500. The van der Waals surface area contributed by atoms with Crippen molar-refractivity contribution in [3.05, 3.63) is 29.6 Å². The first kappa shape index (κ1) is 12.9. The molecule has 1 fully saturated rings. The van der Waals surface area contributed by atoms with Crippen LogP contribution < -0.4 is 4.74 Å². The number of carbonyl (C=O) groups excluding carboxylic acids is 1. The largest absolute Gasteiger partial charge is 0.494 e. The summed E-state index contributed by atoms with van der Waals surface area (Å²) in [7, 11) is 1.41. The lowest BCUT2D eigenvalue weighted by Crippen LogP contribution is -2.42. The van der Waals surface area contributed by atoms with E-state index in [1.165, 1.54) is 19.2 Å². The number of amides is 1. The summed E-state index contributed by atoms with van der Waals surface area (Å²) in [6.45, 7) is 2.80. The minimum Gasteiger partial charge on any atom is -0.494 e. The molecule has 3 nitrogen and oxygen atoms in total. The second-order valence-electron chi connectivity index (χ2n) is 4.69. The van der Waals surface area contributed by atoms with Crippen molar-refractivity contribution in [2.24, 2.45) is 0 Å². The van der Waals surface area contributed by atoms with Crippen LogP contribution >= 0.6 is 0 Å². The van der Waals surface area contributed by atoms with E-state index in [1.54, 1.807) is 6.07 Å². The molecule has 98 valence electrons. The highest BCUT2D eigenvalue weighted by Crippen LogP contribution is 2.22. The minimum atomic E-state index is -0.493. The van der Waals surface area contributed by atoms with Crippen LogP contribution in [-0.4, -0.2) is 30.5 Å². The summed E-state index contributed by atoms with van der Waals surface area (Å²) in [5.41, 5.74) is 0.391. The van der Waals surface area contributed by atoms with E-state index in [-0.39, 0.29) is 17.7 Å². The van der Waals surface area contributed by atoms with Gasteiger partial charge in [-0.1, -0.05) is 0 Å². The van der Waals surface area contributed by atoms with Crippen LogP contribution in [0.3, 0.4) is 0 Å². The summed E-state index contributed by atoms with van der Waals surface area (Å²) in [5, 5.41) is 0. The highest BCUT2D eigenvalue weighted by atomic mass is 19.1. The maximum Gasteiger partial charge on any atom is 0.254 e. The van der Waals surface area contributed by atoms with E-state index >= 15 is 0 Å². The third-order valence-electron chi connectivity index (χ3n) is 3.46. The van der Waals surface area contributed by atoms with Crippen LogP contribution in [0.15, 0.2) is 18.2 Å². The van der Waals surface area contributed by atoms with E-state index in [0.29, 0.717) is 5.56 Å². The zero-order chi connectivity index (χ0) is 13.1. The number of benzene rings is 1. The van der Waals surface area contributed by atoms with Gasteiger partial charge in [0.25, 0.3) is 5.91 Å². The van der Waals surface area contributed by atoms with Crippen molar-refractivity contribution in [1.82, 2.24) is 4.90 Å². The molecular weight excluding hydrogens is 233 g/mol. The first-order chi connectivity index (χ1) is 8.63. The minimum absolute atomic E-state index is 0.0937. The molecule has 1 aliphatic heterocycles. The topological polar surface area (TPSA) is 29.5 Å². The molecule has 0 aromatic heterocycles. The van der Waals surface area contributed by atoms with Gasteiger partial charge >= 0.3 is 0 Å². The van der Waals surface area contributed by atoms with E-state index < -0.39 is 5.82 Å². The summed E-state index contributed by atoms with van der Waals surface area (Å²) >= 11 is 0. The van der Waals surface area contributed by atoms with Crippen LogP contribution in [0.1, 0.15) is 36.5 Å². The molecule has 1 aromatic rings. The van der Waals surface area contributed by atoms with Gasteiger partial charge in [-0.05, 0) is 44.4 Å². The normalized spacial score (nSPS) is 19.7. The number of hydrogen-bond donors (Lipinski definition) is 0. The van der Waals surface area contributed by atoms with Gasteiger partial charge < -0.3 is 9.64 Å². The quantitative estimate of drug-likeness (QED) is 0.809. The molecule has 1 aliphatic rings. The number of likely N-dealkylation sites (tertiary alicyclic amines) is 1. The van der Waals surface area contributed by atoms with Crippen molar-refractivity contribution in [2.75, 3.05) is 13.7 Å². The summed E-state index contributed by atoms with van der Waals surface area (Å²) in [4.78, 5) is 14.1. The van der Waals surface area contributed by atoms with Crippen molar-refractivity contribution < 1.29 is 13.9 Å². The molecule has 1 heterocycles. The lowest BCUT2D eigenvalue weighted by Gasteiger charge is -2.33. The zero-order valence-electron chi connectivity index (χ0n) is 10.8. The zero-order valence-corrected chi connectivity index (χ0v) is 10.8. The second kappa shape index (κ2) is 5.38. The van der Waals surface area contributed by atoms with Gasteiger partial charge in [-0.3, -0.25) is 4.79 Å². The second-order valence-corrected chi connectivity index (χ2v) is 4.69. The Morgan fingerprint density at radius 2 is 2.22 bits per heavy atom. The molecule has 1 atom stereocenters. The Hall–Kier alpha value is -1.58. The van der Waals surface area contributed by atoms with Gasteiger partial charge in [0.1, 0.15) is 0 Å². The Balaban J connectivity index is 2.20. The van der Waals surface area contributed by atoms with Crippen LogP contribution in [0.25, 0.3) is 0 Å². The standard InChI is InChI=1S/C14H18FNO2/c1-10-5-3-4-8-16(10)14(17)11-6-7-13(18-2)12(15)9-11/h6-7,9-10H,3-5,8H2,1-2H3. The number of carbonyl (C=O) groups is 1. The van der Waals surface area contributed by atoms with E-state index in [9.17, 15) is 9.18 Å². The molecular formula is C14H18FNO2. The van der Waals surface area contributed by atoms with Gasteiger partial charge in [0, 0.05) is 18.2 Å². The summed E-state index contributed by atoms with van der Waals surface area (Å²) in [6.07, 6.45) is 3.20. The van der Waals surface area contributed by atoms with E-state index in [4.69, 9.17) is 4.74 Å². The highest BCUT2D eigenvalue weighted by molar-refractivity contribution is 5.94. The van der Waals surface area contributed by atoms with Crippen LogP contribution in [-0.2, 0) is 0 Å². The number of nitrogens with zero attached hydrogens (tertiary/aromatic N) is 1. The van der Waals surface area contributed by atoms with E-state index in [1.807, 2.05) is 11.8 Å². The summed E-state index contributed by atoms with van der Waals surface area (Å²) in [5.74, 6) is -0.421. The molecule has 0 radical (unpaired) electrons. The molecule has 1 unspecified atom stereocenters. The fourth-order valence-corrected chi connectivity index (χ4v) is 2.37. The monoisotopic (exact) mass is 251 g/mol. The van der Waals surface area contributed by atoms with Gasteiger partial charge in [-0.25, -0.2) is 4.39 Å². The Labute approximate surface area is 107 Å². The Bertz CT molecular complexity index is 447. The molecule has 1 amide bonds. The van der Waals surface area contributed by atoms with Crippen molar-refractivity contribution in [1.29, 1.82) is 0 Å². The molecule has 1 saturated heterocycles. The molecule has 4 heteroatoms. The number of rotatable bonds is 2. The maximum atomic E-state index is 13.6. The molecule has 0 saturated carbocycles. The van der Waals surface area contributed by atoms with Gasteiger partial charge in [-0.2, -0.15) is 0 Å². The summed E-state index contributed by atoms with van der Waals surface area (Å²) in [6, 6.07) is 4.60. The molecule has 0 N–H and O–H groups in total. The number of methoxy groups -OCH3 is 1. The molecule has 0 spiro atoms. The highest BCUT2D eigenvalue weighted by Gasteiger charge is 2.24. The number of piperidine rings is 1. The third kappa shape index (κ3) is 2.47. The van der Waals surface area contributed by atoms with E-state index in [0.717, 1.165) is 25.8 Å².